The van der Waals surface area contributed by atoms with Crippen molar-refractivity contribution in [2.24, 2.45) is 0 Å². The molecule has 0 spiro atoms. The van der Waals surface area contributed by atoms with Crippen molar-refractivity contribution < 1.29 is 19.4 Å². The second-order valence-corrected chi connectivity index (χ2v) is 6.30. The Balaban J connectivity index is 2.23. The Morgan fingerprint density at radius 3 is 2.76 bits per heavy atom. The Morgan fingerprint density at radius 1 is 1.43 bits per heavy atom. The SMILES string of the molecule is Cc1cc(CO)cc2c1CN(C(=O)OC(C)(C)C)CCO2. The van der Waals surface area contributed by atoms with Gasteiger partial charge in [0.2, 0.25) is 0 Å². The molecule has 1 heterocycles. The average molecular weight is 293 g/mol. The third-order valence-electron chi connectivity index (χ3n) is 3.29. The van der Waals surface area contributed by atoms with E-state index in [1.165, 1.54) is 0 Å². The van der Waals surface area contributed by atoms with E-state index in [-0.39, 0.29) is 12.7 Å². The molecule has 1 N–H and O–H groups in total. The van der Waals surface area contributed by atoms with Gasteiger partial charge in [-0.1, -0.05) is 6.07 Å². The summed E-state index contributed by atoms with van der Waals surface area (Å²) in [5.41, 5.74) is 2.28. The molecule has 0 fully saturated rings. The summed E-state index contributed by atoms with van der Waals surface area (Å²) in [7, 11) is 0. The van der Waals surface area contributed by atoms with Gasteiger partial charge in [-0.15, -0.1) is 0 Å². The maximum atomic E-state index is 12.2. The summed E-state index contributed by atoms with van der Waals surface area (Å²) >= 11 is 0. The number of aliphatic hydroxyl groups excluding tert-OH is 1. The molecule has 0 atom stereocenters. The zero-order chi connectivity index (χ0) is 15.6. The summed E-state index contributed by atoms with van der Waals surface area (Å²) in [6.07, 6.45) is -0.329. The Morgan fingerprint density at radius 2 is 2.14 bits per heavy atom. The highest BCUT2D eigenvalue weighted by Gasteiger charge is 2.26. The first-order valence-electron chi connectivity index (χ1n) is 7.14. The van der Waals surface area contributed by atoms with Gasteiger partial charge in [-0.25, -0.2) is 4.79 Å². The molecule has 0 aliphatic carbocycles. The normalized spacial score (nSPS) is 15.0. The van der Waals surface area contributed by atoms with Gasteiger partial charge in [0, 0.05) is 5.56 Å². The van der Waals surface area contributed by atoms with Crippen LogP contribution < -0.4 is 4.74 Å². The molecule has 1 aliphatic heterocycles. The summed E-state index contributed by atoms with van der Waals surface area (Å²) in [6.45, 7) is 8.86. The number of nitrogens with zero attached hydrogens (tertiary/aromatic N) is 1. The zero-order valence-corrected chi connectivity index (χ0v) is 13.1. The molecule has 0 saturated carbocycles. The molecule has 1 aromatic rings. The lowest BCUT2D eigenvalue weighted by atomic mass is 10.0. The highest BCUT2D eigenvalue weighted by atomic mass is 16.6. The summed E-state index contributed by atoms with van der Waals surface area (Å²) in [5, 5.41) is 9.26. The van der Waals surface area contributed by atoms with Crippen LogP contribution in [-0.2, 0) is 17.9 Å². The number of carbonyl (C=O) groups excluding carboxylic acids is 1. The minimum absolute atomic E-state index is 0.0206. The summed E-state index contributed by atoms with van der Waals surface area (Å²) < 4.78 is 11.1. The molecule has 0 unspecified atom stereocenters. The number of carbonyl (C=O) groups is 1. The van der Waals surface area contributed by atoms with Gasteiger partial charge >= 0.3 is 6.09 Å². The van der Waals surface area contributed by atoms with E-state index in [1.807, 2.05) is 39.8 Å². The quantitative estimate of drug-likeness (QED) is 0.864. The van der Waals surface area contributed by atoms with Crippen molar-refractivity contribution in [3.8, 4) is 5.75 Å². The van der Waals surface area contributed by atoms with Gasteiger partial charge in [-0.3, -0.25) is 0 Å². The standard InChI is InChI=1S/C16H23NO4/c1-11-7-12(10-18)8-14-13(11)9-17(5-6-20-14)15(19)21-16(2,3)4/h7-8,18H,5-6,9-10H2,1-4H3. The lowest BCUT2D eigenvalue weighted by Crippen LogP contribution is -2.37. The van der Waals surface area contributed by atoms with Crippen LogP contribution in [0.3, 0.4) is 0 Å². The summed E-state index contributed by atoms with van der Waals surface area (Å²) in [5.74, 6) is 0.741. The molecule has 5 nitrogen and oxygen atoms in total. The highest BCUT2D eigenvalue weighted by molar-refractivity contribution is 5.68. The minimum Gasteiger partial charge on any atom is -0.491 e. The molecular formula is C16H23NO4. The van der Waals surface area contributed by atoms with Gasteiger partial charge in [0.15, 0.2) is 0 Å². The van der Waals surface area contributed by atoms with Crippen LogP contribution >= 0.6 is 0 Å². The van der Waals surface area contributed by atoms with Gasteiger partial charge in [-0.05, 0) is 44.9 Å². The lowest BCUT2D eigenvalue weighted by Gasteiger charge is -2.26. The fourth-order valence-corrected chi connectivity index (χ4v) is 2.30. The molecule has 0 radical (unpaired) electrons. The zero-order valence-electron chi connectivity index (χ0n) is 13.1. The van der Waals surface area contributed by atoms with Crippen LogP contribution in [0.4, 0.5) is 4.79 Å². The number of hydrogen-bond donors (Lipinski definition) is 1. The third-order valence-corrected chi connectivity index (χ3v) is 3.29. The van der Waals surface area contributed by atoms with Crippen molar-refractivity contribution in [1.29, 1.82) is 0 Å². The number of amides is 1. The molecule has 0 aromatic heterocycles. The Bertz CT molecular complexity index is 534. The van der Waals surface area contributed by atoms with Crippen molar-refractivity contribution >= 4 is 6.09 Å². The third kappa shape index (κ3) is 3.88. The van der Waals surface area contributed by atoms with E-state index < -0.39 is 5.60 Å². The monoisotopic (exact) mass is 293 g/mol. The molecule has 1 aliphatic rings. The molecule has 1 aromatic carbocycles. The number of benzene rings is 1. The van der Waals surface area contributed by atoms with Crippen LogP contribution in [0, 0.1) is 6.92 Å². The predicted molar refractivity (Wildman–Crippen MR) is 79.2 cm³/mol. The van der Waals surface area contributed by atoms with Gasteiger partial charge in [0.05, 0.1) is 19.7 Å². The van der Waals surface area contributed by atoms with E-state index in [4.69, 9.17) is 9.47 Å². The van der Waals surface area contributed by atoms with Crippen molar-refractivity contribution in [1.82, 2.24) is 4.90 Å². The van der Waals surface area contributed by atoms with Crippen LogP contribution in [0.5, 0.6) is 5.75 Å². The summed E-state index contributed by atoms with van der Waals surface area (Å²) in [6, 6.07) is 3.75. The van der Waals surface area contributed by atoms with Gasteiger partial charge in [-0.2, -0.15) is 0 Å². The Hall–Kier alpha value is -1.75. The number of hydrogen-bond acceptors (Lipinski definition) is 4. The first kappa shape index (κ1) is 15.6. The molecule has 0 bridgehead atoms. The fraction of sp³-hybridized carbons (Fsp3) is 0.562. The van der Waals surface area contributed by atoms with E-state index in [0.29, 0.717) is 19.7 Å². The highest BCUT2D eigenvalue weighted by Crippen LogP contribution is 2.28. The molecule has 116 valence electrons. The van der Waals surface area contributed by atoms with Crippen molar-refractivity contribution in [3.05, 3.63) is 28.8 Å². The van der Waals surface area contributed by atoms with Gasteiger partial charge in [0.1, 0.15) is 18.0 Å². The fourth-order valence-electron chi connectivity index (χ4n) is 2.30. The van der Waals surface area contributed by atoms with Crippen molar-refractivity contribution in [2.75, 3.05) is 13.2 Å². The average Bonchev–Trinajstić information content (AvgIpc) is 2.59. The van der Waals surface area contributed by atoms with Crippen LogP contribution in [0.15, 0.2) is 12.1 Å². The molecule has 2 rings (SSSR count). The van der Waals surface area contributed by atoms with E-state index in [2.05, 4.69) is 0 Å². The van der Waals surface area contributed by atoms with Crippen LogP contribution in [0.2, 0.25) is 0 Å². The maximum Gasteiger partial charge on any atom is 0.410 e. The molecule has 5 heteroatoms. The van der Waals surface area contributed by atoms with Crippen molar-refractivity contribution in [3.63, 3.8) is 0 Å². The lowest BCUT2D eigenvalue weighted by molar-refractivity contribution is 0.0225. The smallest absolute Gasteiger partial charge is 0.410 e. The first-order chi connectivity index (χ1) is 9.80. The van der Waals surface area contributed by atoms with Gasteiger partial charge in [0.25, 0.3) is 0 Å². The topological polar surface area (TPSA) is 59.0 Å². The second kappa shape index (κ2) is 5.93. The predicted octanol–water partition coefficient (Wildman–Crippen LogP) is 2.62. The number of ether oxygens (including phenoxy) is 2. The Labute approximate surface area is 125 Å². The number of aryl methyl sites for hydroxylation is 1. The Kier molecular flexibility index (Phi) is 4.42. The number of fused-ring (bicyclic) bond motifs is 1. The number of rotatable bonds is 1. The van der Waals surface area contributed by atoms with Crippen molar-refractivity contribution in [2.45, 2.75) is 46.4 Å². The molecule has 1 amide bonds. The maximum absolute atomic E-state index is 12.2. The van der Waals surface area contributed by atoms with Crippen LogP contribution in [-0.4, -0.2) is 34.9 Å². The molecule has 0 saturated heterocycles. The molecular weight excluding hydrogens is 270 g/mol. The minimum atomic E-state index is -0.511. The van der Waals surface area contributed by atoms with Gasteiger partial charge < -0.3 is 19.5 Å². The second-order valence-electron chi connectivity index (χ2n) is 6.30. The molecule has 21 heavy (non-hydrogen) atoms. The van der Waals surface area contributed by atoms with Crippen LogP contribution in [0.25, 0.3) is 0 Å². The largest absolute Gasteiger partial charge is 0.491 e. The van der Waals surface area contributed by atoms with E-state index in [1.54, 1.807) is 4.90 Å². The summed E-state index contributed by atoms with van der Waals surface area (Å²) in [4.78, 5) is 13.9. The van der Waals surface area contributed by atoms with E-state index in [9.17, 15) is 9.90 Å². The first-order valence-corrected chi connectivity index (χ1v) is 7.14. The van der Waals surface area contributed by atoms with Crippen LogP contribution in [0.1, 0.15) is 37.5 Å². The number of aliphatic hydroxyl groups is 1. The van der Waals surface area contributed by atoms with E-state index in [0.717, 1.165) is 22.4 Å². The van der Waals surface area contributed by atoms with E-state index >= 15 is 0 Å².